The number of carbonyl (C=O) groups is 1. The van der Waals surface area contributed by atoms with Gasteiger partial charge < -0.3 is 9.55 Å². The molecule has 1 rings (SSSR count). The fourth-order valence-corrected chi connectivity index (χ4v) is 4.93. The second kappa shape index (κ2) is 16.8. The highest BCUT2D eigenvalue weighted by Crippen LogP contribution is 2.33. The number of hydrogen-bond donors (Lipinski definition) is 0. The summed E-state index contributed by atoms with van der Waals surface area (Å²) in [6.45, 7) is 13.6. The zero-order valence-electron chi connectivity index (χ0n) is 22.5. The van der Waals surface area contributed by atoms with Crippen LogP contribution in [0.1, 0.15) is 138 Å². The summed E-state index contributed by atoms with van der Waals surface area (Å²) in [7, 11) is 1.03. The predicted molar refractivity (Wildman–Crippen MR) is 142 cm³/mol. The molecule has 0 amide bonds. The van der Waals surface area contributed by atoms with Gasteiger partial charge in [-0.3, -0.25) is 4.79 Å². The number of unbranched alkanes of at least 4 members (excludes halogenated alkanes) is 8. The Morgan fingerprint density at radius 3 is 2.03 bits per heavy atom. The number of allylic oxidation sites excluding steroid dienone is 1. The molecule has 0 aromatic rings. The van der Waals surface area contributed by atoms with Crippen molar-refractivity contribution in [1.82, 2.24) is 4.81 Å². The molecule has 0 aromatic carbocycles. The van der Waals surface area contributed by atoms with Crippen molar-refractivity contribution < 1.29 is 9.53 Å². The lowest BCUT2D eigenvalue weighted by molar-refractivity contribution is -0.144. The van der Waals surface area contributed by atoms with Crippen LogP contribution in [-0.4, -0.2) is 35.9 Å². The van der Waals surface area contributed by atoms with Gasteiger partial charge in [0.25, 0.3) is 0 Å². The summed E-state index contributed by atoms with van der Waals surface area (Å²) in [5.74, 6) is 0.670. The van der Waals surface area contributed by atoms with E-state index in [1.807, 2.05) is 0 Å². The van der Waals surface area contributed by atoms with Gasteiger partial charge in [-0.1, -0.05) is 117 Å². The van der Waals surface area contributed by atoms with Gasteiger partial charge in [0.1, 0.15) is 12.1 Å². The summed E-state index contributed by atoms with van der Waals surface area (Å²) < 4.78 is 5.76. The highest BCUT2D eigenvalue weighted by Gasteiger charge is 2.43. The Labute approximate surface area is 201 Å². The van der Waals surface area contributed by atoms with Gasteiger partial charge in [-0.25, -0.2) is 0 Å². The number of nitrogens with zero attached hydrogens (tertiary/aromatic N) is 1. The van der Waals surface area contributed by atoms with E-state index in [9.17, 15) is 4.79 Å². The second-order valence-corrected chi connectivity index (χ2v) is 10.7. The number of esters is 1. The van der Waals surface area contributed by atoms with E-state index >= 15 is 0 Å². The molecule has 0 aromatic heterocycles. The molecule has 1 fully saturated rings. The summed E-state index contributed by atoms with van der Waals surface area (Å²) in [6.07, 6.45) is 23.0. The minimum Gasteiger partial charge on any atom is -0.457 e. The van der Waals surface area contributed by atoms with E-state index in [1.165, 1.54) is 77.0 Å². The van der Waals surface area contributed by atoms with Gasteiger partial charge in [-0.2, -0.15) is 0 Å². The normalized spacial score (nSPS) is 19.4. The van der Waals surface area contributed by atoms with E-state index in [1.54, 1.807) is 0 Å². The minimum atomic E-state index is -0.0980. The molecule has 1 saturated heterocycles. The number of cyclic esters (lactones) is 1. The Morgan fingerprint density at radius 1 is 0.969 bits per heavy atom. The molecule has 0 aliphatic carbocycles. The summed E-state index contributed by atoms with van der Waals surface area (Å²) in [4.78, 5) is 15.4. The highest BCUT2D eigenvalue weighted by atomic mass is 16.6. The first kappa shape index (κ1) is 29.3. The molecule has 1 heterocycles. The standard InChI is InChI=1S/C28H54BNO2/c1-7-11-14-16-18-20-24(21-19-17-15-12-8-2)29-30(28(5,6)10-4)26-23-25(22-13-9-3)32-27(26)31/h13,22,24-26,29H,7-12,14-21,23H2,1-6H3. The summed E-state index contributed by atoms with van der Waals surface area (Å²) in [5, 5.41) is 0. The van der Waals surface area contributed by atoms with E-state index < -0.39 is 0 Å². The van der Waals surface area contributed by atoms with Gasteiger partial charge in [0.2, 0.25) is 7.41 Å². The monoisotopic (exact) mass is 447 g/mol. The molecule has 186 valence electrons. The zero-order chi connectivity index (χ0) is 23.8. The molecule has 2 atom stereocenters. The van der Waals surface area contributed by atoms with Crippen molar-refractivity contribution in [2.24, 2.45) is 0 Å². The Kier molecular flexibility index (Phi) is 15.4. The highest BCUT2D eigenvalue weighted by molar-refractivity contribution is 6.35. The molecule has 2 unspecified atom stereocenters. The molecule has 0 bridgehead atoms. The largest absolute Gasteiger partial charge is 0.457 e. The van der Waals surface area contributed by atoms with Gasteiger partial charge >= 0.3 is 5.97 Å². The molecule has 0 radical (unpaired) electrons. The van der Waals surface area contributed by atoms with Crippen molar-refractivity contribution in [3.8, 4) is 0 Å². The van der Waals surface area contributed by atoms with Crippen LogP contribution in [0, 0.1) is 0 Å². The number of carbonyl (C=O) groups excluding carboxylic acids is 1. The number of hydrogen-bond acceptors (Lipinski definition) is 3. The Bertz CT molecular complexity index is 506. The number of ether oxygens (including phenoxy) is 1. The van der Waals surface area contributed by atoms with Crippen LogP contribution < -0.4 is 0 Å². The molecule has 1 aliphatic heterocycles. The van der Waals surface area contributed by atoms with Crippen LogP contribution in [0.5, 0.6) is 0 Å². The van der Waals surface area contributed by atoms with Gasteiger partial charge in [-0.05, 0) is 32.8 Å². The van der Waals surface area contributed by atoms with Crippen molar-refractivity contribution in [3.63, 3.8) is 0 Å². The number of rotatable bonds is 19. The maximum atomic E-state index is 12.9. The quantitative estimate of drug-likeness (QED) is 0.0870. The minimum absolute atomic E-state index is 0.00964. The van der Waals surface area contributed by atoms with E-state index in [-0.39, 0.29) is 23.7 Å². The third-order valence-electron chi connectivity index (χ3n) is 7.49. The summed E-state index contributed by atoms with van der Waals surface area (Å²) >= 11 is 0. The maximum Gasteiger partial charge on any atom is 0.323 e. The summed E-state index contributed by atoms with van der Waals surface area (Å²) in [5.41, 5.74) is 0.00964. The molecule has 0 spiro atoms. The van der Waals surface area contributed by atoms with Crippen molar-refractivity contribution in [1.29, 1.82) is 0 Å². The maximum absolute atomic E-state index is 12.9. The lowest BCUT2D eigenvalue weighted by atomic mass is 9.65. The SMILES string of the molecule is CCC=CC1CC(N(BC(CCCCCCC)CCCCCCC)C(C)(C)CC)C(=O)O1. The molecule has 0 saturated carbocycles. The fraction of sp³-hybridized carbons (Fsp3) is 0.893. The lowest BCUT2D eigenvalue weighted by Crippen LogP contribution is -2.54. The molecular weight excluding hydrogens is 393 g/mol. The Hall–Kier alpha value is -0.765. The van der Waals surface area contributed by atoms with E-state index in [2.05, 4.69) is 58.5 Å². The molecular formula is C28H54BNO2. The van der Waals surface area contributed by atoms with E-state index in [0.29, 0.717) is 5.82 Å². The van der Waals surface area contributed by atoms with Crippen LogP contribution in [0.3, 0.4) is 0 Å². The van der Waals surface area contributed by atoms with E-state index in [4.69, 9.17) is 4.74 Å². The van der Waals surface area contributed by atoms with Gasteiger partial charge in [0, 0.05) is 12.0 Å². The van der Waals surface area contributed by atoms with Crippen LogP contribution in [0.4, 0.5) is 0 Å². The van der Waals surface area contributed by atoms with Crippen LogP contribution in [0.15, 0.2) is 12.2 Å². The van der Waals surface area contributed by atoms with Crippen LogP contribution in [0.2, 0.25) is 5.82 Å². The second-order valence-electron chi connectivity index (χ2n) is 10.7. The average molecular weight is 448 g/mol. The van der Waals surface area contributed by atoms with Crippen molar-refractivity contribution in [2.75, 3.05) is 0 Å². The summed E-state index contributed by atoms with van der Waals surface area (Å²) in [6, 6.07) is -0.0980. The van der Waals surface area contributed by atoms with E-state index in [0.717, 1.165) is 26.7 Å². The lowest BCUT2D eigenvalue weighted by Gasteiger charge is -2.42. The first-order chi connectivity index (χ1) is 15.4. The molecule has 4 heteroatoms. The van der Waals surface area contributed by atoms with Crippen molar-refractivity contribution >= 4 is 13.4 Å². The van der Waals surface area contributed by atoms with Crippen LogP contribution in [0.25, 0.3) is 0 Å². The molecule has 32 heavy (non-hydrogen) atoms. The van der Waals surface area contributed by atoms with Crippen molar-refractivity contribution in [3.05, 3.63) is 12.2 Å². The Balaban J connectivity index is 2.84. The predicted octanol–water partition coefficient (Wildman–Crippen LogP) is 7.99. The first-order valence-electron chi connectivity index (χ1n) is 14.0. The van der Waals surface area contributed by atoms with Crippen LogP contribution >= 0.6 is 0 Å². The third-order valence-corrected chi connectivity index (χ3v) is 7.49. The van der Waals surface area contributed by atoms with Crippen molar-refractivity contribution in [2.45, 2.75) is 161 Å². The van der Waals surface area contributed by atoms with Gasteiger partial charge in [0.15, 0.2) is 0 Å². The first-order valence-corrected chi connectivity index (χ1v) is 14.0. The molecule has 0 N–H and O–H groups in total. The molecule has 3 nitrogen and oxygen atoms in total. The van der Waals surface area contributed by atoms with Gasteiger partial charge in [0.05, 0.1) is 0 Å². The fourth-order valence-electron chi connectivity index (χ4n) is 4.93. The third kappa shape index (κ3) is 10.9. The topological polar surface area (TPSA) is 29.5 Å². The zero-order valence-corrected chi connectivity index (χ0v) is 22.5. The Morgan fingerprint density at radius 2 is 1.53 bits per heavy atom. The van der Waals surface area contributed by atoms with Gasteiger partial charge in [-0.15, -0.1) is 0 Å². The van der Waals surface area contributed by atoms with Crippen LogP contribution in [-0.2, 0) is 9.53 Å². The smallest absolute Gasteiger partial charge is 0.323 e. The molecule has 1 aliphatic rings. The average Bonchev–Trinajstić information content (AvgIpc) is 3.14.